The molecule has 0 radical (unpaired) electrons. The number of aromatic nitrogens is 3. The lowest BCUT2D eigenvalue weighted by Crippen LogP contribution is -2.24. The highest BCUT2D eigenvalue weighted by Crippen LogP contribution is 2.31. The number of rotatable bonds is 7. The summed E-state index contributed by atoms with van der Waals surface area (Å²) in [6, 6.07) is 6.95. The Morgan fingerprint density at radius 1 is 1.31 bits per heavy atom. The van der Waals surface area contributed by atoms with Crippen LogP contribution in [0.2, 0.25) is 0 Å². The molecule has 1 saturated heterocycles. The molecule has 1 atom stereocenters. The Kier molecular flexibility index (Phi) is 6.35. The third-order valence-electron chi connectivity index (χ3n) is 4.54. The highest BCUT2D eigenvalue weighted by atomic mass is 35.5. The van der Waals surface area contributed by atoms with Crippen molar-refractivity contribution in [2.45, 2.75) is 18.1 Å². The van der Waals surface area contributed by atoms with Crippen LogP contribution in [0.25, 0.3) is 0 Å². The number of alkyl halides is 3. The summed E-state index contributed by atoms with van der Waals surface area (Å²) < 4.78 is 33.6. The molecule has 3 heterocycles. The molecule has 0 aliphatic carbocycles. The fourth-order valence-electron chi connectivity index (χ4n) is 3.15. The Bertz CT molecular complexity index is 1080. The minimum atomic E-state index is -3.82. The van der Waals surface area contributed by atoms with E-state index in [9.17, 15) is 18.7 Å². The molecule has 1 aromatic carbocycles. The van der Waals surface area contributed by atoms with Crippen molar-refractivity contribution < 1.29 is 23.4 Å². The molecule has 0 unspecified atom stereocenters. The summed E-state index contributed by atoms with van der Waals surface area (Å²) in [5.41, 5.74) is -2.66. The van der Waals surface area contributed by atoms with Crippen LogP contribution < -0.4 is 20.3 Å². The van der Waals surface area contributed by atoms with Gasteiger partial charge in [-0.3, -0.25) is 4.79 Å². The lowest BCUT2D eigenvalue weighted by Gasteiger charge is -2.20. The van der Waals surface area contributed by atoms with E-state index in [4.69, 9.17) is 11.6 Å². The van der Waals surface area contributed by atoms with Gasteiger partial charge < -0.3 is 25.4 Å². The number of nitrogens with one attached hydrogen (secondary N) is 2. The molecule has 2 aromatic heterocycles. The van der Waals surface area contributed by atoms with E-state index < -0.39 is 17.6 Å². The topological polar surface area (TPSA) is 112 Å². The molecule has 1 aliphatic rings. The number of amides is 1. The van der Waals surface area contributed by atoms with Crippen molar-refractivity contribution in [2.24, 2.45) is 0 Å². The molecule has 3 aromatic rings. The molecule has 168 valence electrons. The first kappa shape index (κ1) is 22.1. The number of halogens is 3. The summed E-state index contributed by atoms with van der Waals surface area (Å²) in [6.07, 6.45) is 3.01. The molecule has 0 bridgehead atoms. The van der Waals surface area contributed by atoms with Crippen LogP contribution >= 0.6 is 23.1 Å². The molecule has 1 aliphatic heterocycles. The highest BCUT2D eigenvalue weighted by Gasteiger charge is 2.27. The largest absolute Gasteiger partial charge is 0.487 e. The van der Waals surface area contributed by atoms with Gasteiger partial charge in [-0.05, 0) is 36.8 Å². The number of β-amino-alcohol motifs (C(OH)–C–C–N with tert-alkyl or cyclic N) is 1. The molecule has 13 heteroatoms. The summed E-state index contributed by atoms with van der Waals surface area (Å²) >= 11 is 5.89. The van der Waals surface area contributed by atoms with Gasteiger partial charge in [-0.1, -0.05) is 0 Å². The van der Waals surface area contributed by atoms with Gasteiger partial charge in [-0.15, -0.1) is 8.78 Å². The Morgan fingerprint density at radius 2 is 2.09 bits per heavy atom. The SMILES string of the molecule is O=C(Nc1ccc(OC(F)(F)Cl)cc1)c1cnc(N2CC[C@@H](O)C2)c(Nc2ncns2)c1. The van der Waals surface area contributed by atoms with Crippen molar-refractivity contribution >= 4 is 51.4 Å². The van der Waals surface area contributed by atoms with Crippen LogP contribution in [0.5, 0.6) is 5.75 Å². The lowest BCUT2D eigenvalue weighted by atomic mass is 10.2. The van der Waals surface area contributed by atoms with Crippen molar-refractivity contribution in [3.05, 3.63) is 48.4 Å². The molecule has 0 saturated carbocycles. The molecule has 9 nitrogen and oxygen atoms in total. The van der Waals surface area contributed by atoms with Crippen molar-refractivity contribution in [1.29, 1.82) is 0 Å². The predicted molar refractivity (Wildman–Crippen MR) is 116 cm³/mol. The summed E-state index contributed by atoms with van der Waals surface area (Å²) in [5, 5.41) is 16.2. The zero-order chi connectivity index (χ0) is 22.7. The number of hydrogen-bond acceptors (Lipinski definition) is 9. The molecule has 3 N–H and O–H groups in total. The van der Waals surface area contributed by atoms with E-state index in [1.807, 2.05) is 4.90 Å². The average molecular weight is 483 g/mol. The van der Waals surface area contributed by atoms with Crippen LogP contribution in [0.3, 0.4) is 0 Å². The van der Waals surface area contributed by atoms with Gasteiger partial charge in [-0.2, -0.15) is 4.37 Å². The second-order valence-corrected chi connectivity index (χ2v) is 8.10. The van der Waals surface area contributed by atoms with E-state index in [1.165, 1.54) is 36.8 Å². The van der Waals surface area contributed by atoms with Gasteiger partial charge in [-0.25, -0.2) is 9.97 Å². The highest BCUT2D eigenvalue weighted by molar-refractivity contribution is 7.09. The number of aliphatic hydroxyl groups is 1. The number of carbonyl (C=O) groups excluding carboxylic acids is 1. The fourth-order valence-corrected chi connectivity index (χ4v) is 3.68. The minimum absolute atomic E-state index is 0.148. The minimum Gasteiger partial charge on any atom is -0.420 e. The molecule has 0 spiro atoms. The van der Waals surface area contributed by atoms with Crippen molar-refractivity contribution in [3.63, 3.8) is 0 Å². The van der Waals surface area contributed by atoms with Gasteiger partial charge in [0.1, 0.15) is 12.1 Å². The van der Waals surface area contributed by atoms with Crippen LogP contribution in [0.1, 0.15) is 16.8 Å². The van der Waals surface area contributed by atoms with Crippen LogP contribution in [-0.4, -0.2) is 50.1 Å². The predicted octanol–water partition coefficient (Wildman–Crippen LogP) is 3.67. The first-order valence-electron chi connectivity index (χ1n) is 9.41. The fraction of sp³-hybridized carbons (Fsp3) is 0.263. The average Bonchev–Trinajstić information content (AvgIpc) is 3.40. The lowest BCUT2D eigenvalue weighted by molar-refractivity contribution is -0.0964. The first-order chi connectivity index (χ1) is 15.3. The Hall–Kier alpha value is -3.09. The normalized spacial score (nSPS) is 16.1. The molecular formula is C19H17ClF2N6O3S. The summed E-state index contributed by atoms with van der Waals surface area (Å²) in [4.78, 5) is 23.2. The van der Waals surface area contributed by atoms with E-state index in [0.29, 0.717) is 41.8 Å². The smallest absolute Gasteiger partial charge is 0.420 e. The van der Waals surface area contributed by atoms with Crippen LogP contribution in [-0.2, 0) is 0 Å². The third-order valence-corrected chi connectivity index (χ3v) is 5.20. The number of benzene rings is 1. The summed E-state index contributed by atoms with van der Waals surface area (Å²) in [6.45, 7) is 1.05. The van der Waals surface area contributed by atoms with E-state index in [-0.39, 0.29) is 11.3 Å². The van der Waals surface area contributed by atoms with E-state index in [0.717, 1.165) is 11.5 Å². The maximum atomic E-state index is 12.7. The van der Waals surface area contributed by atoms with Crippen molar-refractivity contribution in [1.82, 2.24) is 14.3 Å². The monoisotopic (exact) mass is 482 g/mol. The van der Waals surface area contributed by atoms with Gasteiger partial charge in [0.15, 0.2) is 5.82 Å². The van der Waals surface area contributed by atoms with E-state index in [1.54, 1.807) is 6.07 Å². The number of carbonyl (C=O) groups is 1. The molecular weight excluding hydrogens is 466 g/mol. The number of ether oxygens (including phenoxy) is 1. The molecule has 4 rings (SSSR count). The standard InChI is InChI=1S/C19H17ClF2N6O3S/c20-19(21,22)31-14-3-1-12(2-4-14)26-17(30)11-7-15(27-18-24-10-25-32-18)16(23-8-11)28-6-5-13(29)9-28/h1-4,7-8,10,13,29H,5-6,9H2,(H,26,30)(H,24,25,27)/t13-/m1/s1. The van der Waals surface area contributed by atoms with Gasteiger partial charge in [0, 0.05) is 48.1 Å². The van der Waals surface area contributed by atoms with E-state index in [2.05, 4.69) is 29.7 Å². The second kappa shape index (κ2) is 9.18. The number of nitrogens with zero attached hydrogens (tertiary/aromatic N) is 4. The molecule has 1 fully saturated rings. The third kappa shape index (κ3) is 5.58. The van der Waals surface area contributed by atoms with Crippen LogP contribution in [0, 0.1) is 0 Å². The molecule has 32 heavy (non-hydrogen) atoms. The summed E-state index contributed by atoms with van der Waals surface area (Å²) in [5.74, 6) is -0.0238. The second-order valence-electron chi connectivity index (χ2n) is 6.88. The molecule has 1 amide bonds. The summed E-state index contributed by atoms with van der Waals surface area (Å²) in [7, 11) is 0. The maximum Gasteiger partial charge on any atom is 0.487 e. The maximum absolute atomic E-state index is 12.7. The van der Waals surface area contributed by atoms with Crippen LogP contribution in [0.15, 0.2) is 42.9 Å². The number of hydrogen-bond donors (Lipinski definition) is 3. The zero-order valence-electron chi connectivity index (χ0n) is 16.3. The van der Waals surface area contributed by atoms with Gasteiger partial charge in [0.2, 0.25) is 5.13 Å². The Morgan fingerprint density at radius 3 is 2.72 bits per heavy atom. The van der Waals surface area contributed by atoms with Gasteiger partial charge >= 0.3 is 5.57 Å². The van der Waals surface area contributed by atoms with Crippen molar-refractivity contribution in [3.8, 4) is 5.75 Å². The van der Waals surface area contributed by atoms with Crippen molar-refractivity contribution in [2.75, 3.05) is 28.6 Å². The zero-order valence-corrected chi connectivity index (χ0v) is 17.9. The Labute approximate surface area is 190 Å². The van der Waals surface area contributed by atoms with Gasteiger partial charge in [0.25, 0.3) is 5.91 Å². The quantitative estimate of drug-likeness (QED) is 0.437. The first-order valence-corrected chi connectivity index (χ1v) is 10.6. The number of aliphatic hydroxyl groups excluding tert-OH is 1. The number of anilines is 4. The Balaban J connectivity index is 1.53. The number of pyridine rings is 1. The van der Waals surface area contributed by atoms with Crippen LogP contribution in [0.4, 0.5) is 31.1 Å². The van der Waals surface area contributed by atoms with Gasteiger partial charge in [0.05, 0.1) is 17.4 Å². The van der Waals surface area contributed by atoms with E-state index >= 15 is 0 Å².